The molecule has 6 nitrogen and oxygen atoms in total. The molecule has 2 amide bonds. The van der Waals surface area contributed by atoms with Crippen LogP contribution in [0.3, 0.4) is 0 Å². The van der Waals surface area contributed by atoms with Crippen molar-refractivity contribution in [1.29, 1.82) is 0 Å². The summed E-state index contributed by atoms with van der Waals surface area (Å²) in [7, 11) is 0. The highest BCUT2D eigenvalue weighted by Gasteiger charge is 2.09. The van der Waals surface area contributed by atoms with Crippen molar-refractivity contribution in [2.24, 2.45) is 0 Å². The number of hydrogen-bond acceptors (Lipinski definition) is 5. The zero-order chi connectivity index (χ0) is 18.4. The van der Waals surface area contributed by atoms with E-state index in [1.807, 2.05) is 24.3 Å². The lowest BCUT2D eigenvalue weighted by molar-refractivity contribution is -0.118. The monoisotopic (exact) mass is 479 g/mol. The van der Waals surface area contributed by atoms with Gasteiger partial charge in [-0.15, -0.1) is 11.3 Å². The molecule has 0 bridgehead atoms. The summed E-state index contributed by atoms with van der Waals surface area (Å²) in [5.74, 6) is 0.109. The van der Waals surface area contributed by atoms with E-state index in [1.165, 1.54) is 11.3 Å². The Morgan fingerprint density at radius 2 is 1.77 bits per heavy atom. The van der Waals surface area contributed by atoms with Gasteiger partial charge in [-0.3, -0.25) is 14.9 Å². The first-order valence-corrected chi connectivity index (χ1v) is 9.55. The Kier molecular flexibility index (Phi) is 6.18. The second-order valence-corrected chi connectivity index (χ2v) is 7.30. The molecule has 1 heterocycles. The molecule has 0 fully saturated rings. The van der Waals surface area contributed by atoms with Gasteiger partial charge in [-0.25, -0.2) is 4.98 Å². The summed E-state index contributed by atoms with van der Waals surface area (Å²) < 4.78 is 6.53. The molecule has 0 radical (unpaired) electrons. The smallest absolute Gasteiger partial charge is 0.262 e. The lowest BCUT2D eigenvalue weighted by Gasteiger charge is -2.08. The first-order chi connectivity index (χ1) is 12.6. The van der Waals surface area contributed by atoms with Crippen LogP contribution < -0.4 is 15.4 Å². The van der Waals surface area contributed by atoms with Crippen molar-refractivity contribution in [2.75, 3.05) is 17.2 Å². The van der Waals surface area contributed by atoms with Crippen LogP contribution >= 0.6 is 33.9 Å². The van der Waals surface area contributed by atoms with E-state index in [0.717, 1.165) is 3.57 Å². The van der Waals surface area contributed by atoms with Crippen molar-refractivity contribution in [2.45, 2.75) is 0 Å². The van der Waals surface area contributed by atoms with Gasteiger partial charge in [0, 0.05) is 26.4 Å². The number of amides is 2. The van der Waals surface area contributed by atoms with Gasteiger partial charge in [0.15, 0.2) is 11.7 Å². The Hall–Kier alpha value is -2.46. The van der Waals surface area contributed by atoms with Gasteiger partial charge in [-0.2, -0.15) is 0 Å². The molecule has 0 spiro atoms. The Morgan fingerprint density at radius 1 is 1.04 bits per heavy atom. The van der Waals surface area contributed by atoms with Crippen LogP contribution in [0, 0.1) is 3.57 Å². The lowest BCUT2D eigenvalue weighted by atomic mass is 10.2. The predicted molar refractivity (Wildman–Crippen MR) is 110 cm³/mol. The highest BCUT2D eigenvalue weighted by atomic mass is 127. The van der Waals surface area contributed by atoms with Crippen LogP contribution in [0.15, 0.2) is 60.1 Å². The van der Waals surface area contributed by atoms with Gasteiger partial charge in [0.1, 0.15) is 5.75 Å². The molecule has 0 saturated heterocycles. The maximum absolute atomic E-state index is 12.1. The van der Waals surface area contributed by atoms with Crippen molar-refractivity contribution in [3.63, 3.8) is 0 Å². The van der Waals surface area contributed by atoms with Gasteiger partial charge in [-0.05, 0) is 71.1 Å². The normalized spacial score (nSPS) is 10.2. The molecule has 1 aromatic heterocycles. The minimum absolute atomic E-state index is 0.0904. The van der Waals surface area contributed by atoms with Gasteiger partial charge in [0.05, 0.1) is 0 Å². The average Bonchev–Trinajstić information content (AvgIpc) is 3.15. The molecule has 0 aliphatic carbocycles. The molecule has 3 aromatic rings. The summed E-state index contributed by atoms with van der Waals surface area (Å²) in [6.45, 7) is -0.0904. The molecule has 0 atom stereocenters. The van der Waals surface area contributed by atoms with Gasteiger partial charge in [-0.1, -0.05) is 0 Å². The largest absolute Gasteiger partial charge is 0.484 e. The second-order valence-electron chi connectivity index (χ2n) is 5.16. The number of anilines is 2. The minimum atomic E-state index is -0.275. The Bertz CT molecular complexity index is 881. The van der Waals surface area contributed by atoms with Gasteiger partial charge in [0.2, 0.25) is 0 Å². The third-order valence-corrected chi connectivity index (χ3v) is 4.67. The zero-order valence-corrected chi connectivity index (χ0v) is 16.4. The first kappa shape index (κ1) is 18.3. The second kappa shape index (κ2) is 8.77. The highest BCUT2D eigenvalue weighted by molar-refractivity contribution is 14.1. The quantitative estimate of drug-likeness (QED) is 0.524. The summed E-state index contributed by atoms with van der Waals surface area (Å²) >= 11 is 3.55. The van der Waals surface area contributed by atoms with E-state index in [4.69, 9.17) is 4.74 Å². The van der Waals surface area contributed by atoms with Gasteiger partial charge < -0.3 is 10.1 Å². The van der Waals surface area contributed by atoms with Gasteiger partial charge >= 0.3 is 0 Å². The van der Waals surface area contributed by atoms with Crippen molar-refractivity contribution < 1.29 is 14.3 Å². The Morgan fingerprint density at radius 3 is 2.42 bits per heavy atom. The molecule has 0 aliphatic rings. The van der Waals surface area contributed by atoms with Crippen LogP contribution in [0.4, 0.5) is 10.8 Å². The van der Waals surface area contributed by atoms with Crippen LogP contribution in [0.2, 0.25) is 0 Å². The van der Waals surface area contributed by atoms with E-state index in [1.54, 1.807) is 35.8 Å². The maximum atomic E-state index is 12.1. The number of rotatable bonds is 6. The highest BCUT2D eigenvalue weighted by Crippen LogP contribution is 2.15. The first-order valence-electron chi connectivity index (χ1n) is 7.59. The molecular formula is C18H14IN3O3S. The lowest BCUT2D eigenvalue weighted by Crippen LogP contribution is -2.20. The molecular weight excluding hydrogens is 465 g/mol. The molecule has 0 saturated carbocycles. The summed E-state index contributed by atoms with van der Waals surface area (Å²) in [4.78, 5) is 28.0. The van der Waals surface area contributed by atoms with Gasteiger partial charge in [0.25, 0.3) is 11.8 Å². The van der Waals surface area contributed by atoms with Crippen molar-refractivity contribution in [1.82, 2.24) is 4.98 Å². The molecule has 3 rings (SSSR count). The topological polar surface area (TPSA) is 80.3 Å². The number of nitrogens with one attached hydrogen (secondary N) is 2. The van der Waals surface area contributed by atoms with Crippen molar-refractivity contribution in [3.8, 4) is 5.75 Å². The minimum Gasteiger partial charge on any atom is -0.484 e. The number of hydrogen-bond donors (Lipinski definition) is 2. The number of carbonyl (C=O) groups is 2. The predicted octanol–water partition coefficient (Wildman–Crippen LogP) is 4.02. The van der Waals surface area contributed by atoms with E-state index < -0.39 is 0 Å². The maximum Gasteiger partial charge on any atom is 0.262 e. The number of thiazole rings is 1. The number of carbonyl (C=O) groups excluding carboxylic acids is 2. The molecule has 26 heavy (non-hydrogen) atoms. The molecule has 0 aliphatic heterocycles. The standard InChI is InChI=1S/C18H14IN3O3S/c19-13-3-7-15(8-4-13)25-11-16(23)21-14-5-1-12(2-6-14)17(24)22-18-20-9-10-26-18/h1-10H,11H2,(H,21,23)(H,20,22,24). The van der Waals surface area contributed by atoms with E-state index in [0.29, 0.717) is 22.1 Å². The third kappa shape index (κ3) is 5.27. The number of ether oxygens (including phenoxy) is 1. The number of nitrogens with zero attached hydrogens (tertiary/aromatic N) is 1. The zero-order valence-electron chi connectivity index (χ0n) is 13.4. The average molecular weight is 479 g/mol. The number of aromatic nitrogens is 1. The van der Waals surface area contributed by atoms with E-state index in [-0.39, 0.29) is 18.4 Å². The van der Waals surface area contributed by atoms with Crippen LogP contribution in [-0.2, 0) is 4.79 Å². The van der Waals surface area contributed by atoms with E-state index in [9.17, 15) is 9.59 Å². The summed E-state index contributed by atoms with van der Waals surface area (Å²) in [5, 5.41) is 7.76. The molecule has 2 aromatic carbocycles. The molecule has 2 N–H and O–H groups in total. The Labute approximate surface area is 167 Å². The summed E-state index contributed by atoms with van der Waals surface area (Å²) in [6.07, 6.45) is 1.62. The fourth-order valence-electron chi connectivity index (χ4n) is 2.04. The van der Waals surface area contributed by atoms with Crippen LogP contribution in [0.1, 0.15) is 10.4 Å². The Balaban J connectivity index is 1.51. The van der Waals surface area contributed by atoms with Crippen LogP contribution in [0.25, 0.3) is 0 Å². The SMILES string of the molecule is O=C(COc1ccc(I)cc1)Nc1ccc(C(=O)Nc2nccs2)cc1. The fourth-order valence-corrected chi connectivity index (χ4v) is 2.92. The third-order valence-electron chi connectivity index (χ3n) is 3.27. The molecule has 0 unspecified atom stereocenters. The van der Waals surface area contributed by atoms with Crippen molar-refractivity contribution >= 4 is 56.6 Å². The number of halogens is 1. The summed E-state index contributed by atoms with van der Waals surface area (Å²) in [6, 6.07) is 14.0. The van der Waals surface area contributed by atoms with E-state index >= 15 is 0 Å². The van der Waals surface area contributed by atoms with Crippen LogP contribution in [-0.4, -0.2) is 23.4 Å². The number of benzene rings is 2. The van der Waals surface area contributed by atoms with E-state index in [2.05, 4.69) is 38.2 Å². The fraction of sp³-hybridized carbons (Fsp3) is 0.0556. The molecule has 8 heteroatoms. The molecule has 132 valence electrons. The van der Waals surface area contributed by atoms with Crippen LogP contribution in [0.5, 0.6) is 5.75 Å². The summed E-state index contributed by atoms with van der Waals surface area (Å²) in [5.41, 5.74) is 1.07. The van der Waals surface area contributed by atoms with Crippen molar-refractivity contribution in [3.05, 3.63) is 69.2 Å².